The van der Waals surface area contributed by atoms with E-state index >= 15 is 0 Å². The molecule has 2 aliphatic heterocycles. The molecule has 2 aromatic rings. The molecule has 1 saturated heterocycles. The van der Waals surface area contributed by atoms with Crippen LogP contribution < -0.4 is 5.32 Å². The van der Waals surface area contributed by atoms with E-state index in [0.717, 1.165) is 37.3 Å². The summed E-state index contributed by atoms with van der Waals surface area (Å²) in [6, 6.07) is 19.2. The van der Waals surface area contributed by atoms with Gasteiger partial charge in [-0.05, 0) is 30.0 Å². The predicted octanol–water partition coefficient (Wildman–Crippen LogP) is 3.69. The van der Waals surface area contributed by atoms with Gasteiger partial charge in [-0.25, -0.2) is 4.79 Å². The highest BCUT2D eigenvalue weighted by molar-refractivity contribution is 5.93. The van der Waals surface area contributed by atoms with Crippen LogP contribution in [0.25, 0.3) is 0 Å². The lowest BCUT2D eigenvalue weighted by Crippen LogP contribution is -2.51. The number of ether oxygens (including phenoxy) is 3. The number of carbonyl (C=O) groups excluding carboxylic acids is 1. The second kappa shape index (κ2) is 8.35. The van der Waals surface area contributed by atoms with Crippen LogP contribution in [0.15, 0.2) is 65.9 Å². The van der Waals surface area contributed by atoms with Crippen LogP contribution in [0.5, 0.6) is 0 Å². The molecular formula is C26H30N2O4. The Kier molecular flexibility index (Phi) is 5.53. The molecule has 1 aliphatic carbocycles. The van der Waals surface area contributed by atoms with Gasteiger partial charge < -0.3 is 19.5 Å². The molecule has 0 bridgehead atoms. The standard InChI is InChI=1S/C26H30N2O4/c1-30-24(29)22-18(25(31-2)32-3)15-21-26(19-11-7-8-12-20(19)27-23(22)26)13-14-28(21)16-17-9-5-4-6-10-17/h4-12,18,21,25,27H,13-16H2,1-3H3/t18-,21+,26?/m1/s1. The molecule has 168 valence electrons. The van der Waals surface area contributed by atoms with Crippen molar-refractivity contribution in [2.45, 2.75) is 37.1 Å². The molecule has 2 heterocycles. The Morgan fingerprint density at radius 3 is 2.53 bits per heavy atom. The van der Waals surface area contributed by atoms with Crippen LogP contribution in [0.2, 0.25) is 0 Å². The molecule has 2 aromatic carbocycles. The number of esters is 1. The Hall–Kier alpha value is -2.67. The van der Waals surface area contributed by atoms with Crippen LogP contribution in [0.3, 0.4) is 0 Å². The number of para-hydroxylation sites is 1. The van der Waals surface area contributed by atoms with Crippen LogP contribution in [-0.2, 0) is 31.0 Å². The van der Waals surface area contributed by atoms with Crippen LogP contribution in [0, 0.1) is 5.92 Å². The van der Waals surface area contributed by atoms with Crippen molar-refractivity contribution in [1.82, 2.24) is 4.90 Å². The van der Waals surface area contributed by atoms with E-state index in [4.69, 9.17) is 14.2 Å². The van der Waals surface area contributed by atoms with Crippen LogP contribution in [-0.4, -0.2) is 51.1 Å². The van der Waals surface area contributed by atoms with Crippen molar-refractivity contribution in [1.29, 1.82) is 0 Å². The molecule has 3 atom stereocenters. The Bertz CT molecular complexity index is 1030. The van der Waals surface area contributed by atoms with E-state index in [1.165, 1.54) is 18.2 Å². The highest BCUT2D eigenvalue weighted by Gasteiger charge is 2.60. The van der Waals surface area contributed by atoms with Gasteiger partial charge in [0.1, 0.15) is 0 Å². The van der Waals surface area contributed by atoms with E-state index in [0.29, 0.717) is 5.57 Å². The van der Waals surface area contributed by atoms with Gasteiger partial charge >= 0.3 is 5.97 Å². The molecule has 32 heavy (non-hydrogen) atoms. The molecule has 5 rings (SSSR count). The Labute approximate surface area is 189 Å². The van der Waals surface area contributed by atoms with Crippen molar-refractivity contribution in [3.8, 4) is 0 Å². The second-order valence-corrected chi connectivity index (χ2v) is 8.83. The lowest BCUT2D eigenvalue weighted by atomic mass is 9.64. The van der Waals surface area contributed by atoms with Gasteiger partial charge in [0.05, 0.1) is 18.1 Å². The summed E-state index contributed by atoms with van der Waals surface area (Å²) in [6.45, 7) is 1.82. The summed E-state index contributed by atoms with van der Waals surface area (Å²) in [5.74, 6) is -0.549. The summed E-state index contributed by atoms with van der Waals surface area (Å²) >= 11 is 0. The van der Waals surface area contributed by atoms with Gasteiger partial charge in [0.2, 0.25) is 0 Å². The van der Waals surface area contributed by atoms with Crippen LogP contribution >= 0.6 is 0 Å². The fourth-order valence-electron chi connectivity index (χ4n) is 6.17. The van der Waals surface area contributed by atoms with Crippen LogP contribution in [0.4, 0.5) is 5.69 Å². The maximum Gasteiger partial charge on any atom is 0.336 e. The van der Waals surface area contributed by atoms with Crippen molar-refractivity contribution in [2.24, 2.45) is 5.92 Å². The van der Waals surface area contributed by atoms with Gasteiger partial charge in [0.15, 0.2) is 6.29 Å². The minimum Gasteiger partial charge on any atom is -0.466 e. The number of nitrogens with one attached hydrogen (secondary N) is 1. The van der Waals surface area contributed by atoms with Gasteiger partial charge in [-0.2, -0.15) is 0 Å². The number of nitrogens with zero attached hydrogens (tertiary/aromatic N) is 1. The van der Waals surface area contributed by atoms with E-state index in [1.54, 1.807) is 14.2 Å². The molecule has 6 heteroatoms. The van der Waals surface area contributed by atoms with Crippen molar-refractivity contribution >= 4 is 11.7 Å². The van der Waals surface area contributed by atoms with E-state index in [-0.39, 0.29) is 23.3 Å². The van der Waals surface area contributed by atoms with E-state index in [2.05, 4.69) is 52.7 Å². The van der Waals surface area contributed by atoms with E-state index in [1.807, 2.05) is 12.1 Å². The highest BCUT2D eigenvalue weighted by atomic mass is 16.7. The van der Waals surface area contributed by atoms with Gasteiger partial charge in [-0.1, -0.05) is 48.5 Å². The monoisotopic (exact) mass is 434 g/mol. The minimum absolute atomic E-state index is 0.208. The molecule has 3 aliphatic rings. The number of hydrogen-bond acceptors (Lipinski definition) is 6. The average Bonchev–Trinajstić information content (AvgIpc) is 3.36. The van der Waals surface area contributed by atoms with Crippen molar-refractivity contribution < 1.29 is 19.0 Å². The number of likely N-dealkylation sites (tertiary alicyclic amines) is 1. The lowest BCUT2D eigenvalue weighted by molar-refractivity contribution is -0.150. The van der Waals surface area contributed by atoms with Crippen molar-refractivity contribution in [2.75, 3.05) is 33.2 Å². The largest absolute Gasteiger partial charge is 0.466 e. The highest BCUT2D eigenvalue weighted by Crippen LogP contribution is 2.59. The number of rotatable bonds is 6. The molecule has 1 fully saturated rings. The molecule has 1 spiro atoms. The summed E-state index contributed by atoms with van der Waals surface area (Å²) < 4.78 is 16.6. The van der Waals surface area contributed by atoms with Gasteiger partial charge in [-0.3, -0.25) is 4.90 Å². The first kappa shape index (κ1) is 21.2. The SMILES string of the molecule is COC(=O)C1=C2Nc3ccccc3C23CCN(Cc2ccccc2)[C@H]3C[C@H]1C(OC)OC. The average molecular weight is 435 g/mol. The molecule has 0 saturated carbocycles. The van der Waals surface area contributed by atoms with E-state index in [9.17, 15) is 4.79 Å². The Morgan fingerprint density at radius 1 is 1.09 bits per heavy atom. The zero-order chi connectivity index (χ0) is 22.3. The zero-order valence-corrected chi connectivity index (χ0v) is 18.8. The third-order valence-corrected chi connectivity index (χ3v) is 7.46. The number of carbonyl (C=O) groups is 1. The summed E-state index contributed by atoms with van der Waals surface area (Å²) in [5.41, 5.74) is 4.97. The topological polar surface area (TPSA) is 60.0 Å². The number of hydrogen-bond donors (Lipinski definition) is 1. The zero-order valence-electron chi connectivity index (χ0n) is 18.8. The first-order valence-electron chi connectivity index (χ1n) is 11.2. The Morgan fingerprint density at radius 2 is 1.81 bits per heavy atom. The normalized spacial score (nSPS) is 26.5. The third-order valence-electron chi connectivity index (χ3n) is 7.46. The molecule has 0 amide bonds. The summed E-state index contributed by atoms with van der Waals surface area (Å²) in [4.78, 5) is 15.7. The lowest BCUT2D eigenvalue weighted by Gasteiger charge is -2.45. The van der Waals surface area contributed by atoms with Crippen molar-refractivity contribution in [3.63, 3.8) is 0 Å². The van der Waals surface area contributed by atoms with E-state index < -0.39 is 6.29 Å². The predicted molar refractivity (Wildman–Crippen MR) is 122 cm³/mol. The first-order valence-corrected chi connectivity index (χ1v) is 11.2. The van der Waals surface area contributed by atoms with Gasteiger partial charge in [0, 0.05) is 50.7 Å². The first-order chi connectivity index (χ1) is 15.6. The summed E-state index contributed by atoms with van der Waals surface area (Å²) in [7, 11) is 4.70. The fourth-order valence-corrected chi connectivity index (χ4v) is 6.17. The van der Waals surface area contributed by atoms with Gasteiger partial charge in [-0.15, -0.1) is 0 Å². The summed E-state index contributed by atoms with van der Waals surface area (Å²) in [6.07, 6.45) is 1.17. The molecule has 0 radical (unpaired) electrons. The van der Waals surface area contributed by atoms with Gasteiger partial charge in [0.25, 0.3) is 0 Å². The smallest absolute Gasteiger partial charge is 0.336 e. The number of benzene rings is 2. The Balaban J connectivity index is 1.66. The van der Waals surface area contributed by atoms with Crippen molar-refractivity contribution in [3.05, 3.63) is 77.0 Å². The number of anilines is 1. The summed E-state index contributed by atoms with van der Waals surface area (Å²) in [5, 5.41) is 3.62. The maximum absolute atomic E-state index is 13.1. The molecule has 1 unspecified atom stereocenters. The molecular weight excluding hydrogens is 404 g/mol. The fraction of sp³-hybridized carbons (Fsp3) is 0.423. The molecule has 0 aromatic heterocycles. The molecule has 6 nitrogen and oxygen atoms in total. The quantitative estimate of drug-likeness (QED) is 0.553. The van der Waals surface area contributed by atoms with Crippen LogP contribution in [0.1, 0.15) is 24.0 Å². The second-order valence-electron chi connectivity index (χ2n) is 8.83. The number of fused-ring (bicyclic) bond motifs is 1. The maximum atomic E-state index is 13.1. The minimum atomic E-state index is -0.528. The number of methoxy groups -OCH3 is 3. The third kappa shape index (κ3) is 3.09. The molecule has 1 N–H and O–H groups in total.